The Morgan fingerprint density at radius 3 is 2.36 bits per heavy atom. The van der Waals surface area contributed by atoms with Crippen molar-refractivity contribution in [3.05, 3.63) is 100 Å². The van der Waals surface area contributed by atoms with Crippen LogP contribution in [0.3, 0.4) is 0 Å². The summed E-state index contributed by atoms with van der Waals surface area (Å²) in [4.78, 5) is 50.7. The van der Waals surface area contributed by atoms with Crippen LogP contribution in [0.5, 0.6) is 0 Å². The quantitative estimate of drug-likeness (QED) is 0.369. The van der Waals surface area contributed by atoms with Crippen LogP contribution in [0, 0.1) is 6.92 Å². The van der Waals surface area contributed by atoms with Gasteiger partial charge in [-0.05, 0) is 56.3 Å². The molecule has 10 heteroatoms. The van der Waals surface area contributed by atoms with Crippen LogP contribution < -0.4 is 21.5 Å². The summed E-state index contributed by atoms with van der Waals surface area (Å²) in [7, 11) is 1.74. The molecule has 0 radical (unpaired) electrons. The number of carbonyl (C=O) groups excluding carboxylic acids is 3. The van der Waals surface area contributed by atoms with Crippen LogP contribution in [0.1, 0.15) is 33.5 Å². The van der Waals surface area contributed by atoms with E-state index in [-0.39, 0.29) is 22.6 Å². The minimum atomic E-state index is -0.858. The molecule has 36 heavy (non-hydrogen) atoms. The van der Waals surface area contributed by atoms with Gasteiger partial charge in [-0.1, -0.05) is 24.3 Å². The number of para-hydroxylation sites is 1. The van der Waals surface area contributed by atoms with E-state index in [1.54, 1.807) is 55.1 Å². The standard InChI is InChI=1S/C26H25N5O5/c1-16(27-25(34)21-13-8-14-36-21)23(32)28-19-10-7-9-18(15-19)24(33)29-22-17(2)30(3)31(26(22)35)20-11-5-4-6-12-20/h4-16H,1-3H3,(H,27,34)(H,28,32)(H,29,33). The molecular weight excluding hydrogens is 462 g/mol. The number of anilines is 2. The van der Waals surface area contributed by atoms with Crippen LogP contribution in [0.15, 0.2) is 82.2 Å². The number of aromatic nitrogens is 2. The third-order valence-electron chi connectivity index (χ3n) is 5.67. The van der Waals surface area contributed by atoms with Crippen LogP contribution in [-0.4, -0.2) is 33.1 Å². The molecule has 2 aromatic carbocycles. The van der Waals surface area contributed by atoms with Crippen molar-refractivity contribution >= 4 is 29.1 Å². The first kappa shape index (κ1) is 24.3. The Morgan fingerprint density at radius 1 is 0.917 bits per heavy atom. The summed E-state index contributed by atoms with van der Waals surface area (Å²) in [6, 6.07) is 17.6. The molecule has 0 aliphatic rings. The van der Waals surface area contributed by atoms with E-state index in [1.165, 1.54) is 30.0 Å². The van der Waals surface area contributed by atoms with E-state index < -0.39 is 23.8 Å². The normalized spacial score (nSPS) is 11.5. The summed E-state index contributed by atoms with van der Waals surface area (Å²) in [6.07, 6.45) is 1.37. The van der Waals surface area contributed by atoms with E-state index in [0.29, 0.717) is 17.1 Å². The lowest BCUT2D eigenvalue weighted by Crippen LogP contribution is -2.41. The average molecular weight is 488 g/mol. The van der Waals surface area contributed by atoms with Crippen LogP contribution in [0.4, 0.5) is 11.4 Å². The van der Waals surface area contributed by atoms with Gasteiger partial charge >= 0.3 is 0 Å². The first-order chi connectivity index (χ1) is 17.3. The predicted molar refractivity (Wildman–Crippen MR) is 134 cm³/mol. The van der Waals surface area contributed by atoms with Crippen LogP contribution >= 0.6 is 0 Å². The van der Waals surface area contributed by atoms with Crippen LogP contribution in [-0.2, 0) is 11.8 Å². The summed E-state index contributed by atoms with van der Waals surface area (Å²) in [5, 5.41) is 7.91. The zero-order valence-corrected chi connectivity index (χ0v) is 19.9. The zero-order chi connectivity index (χ0) is 25.8. The lowest BCUT2D eigenvalue weighted by Gasteiger charge is -2.14. The van der Waals surface area contributed by atoms with Crippen molar-refractivity contribution in [3.63, 3.8) is 0 Å². The van der Waals surface area contributed by atoms with Gasteiger partial charge in [0.15, 0.2) is 5.76 Å². The van der Waals surface area contributed by atoms with Gasteiger partial charge in [-0.3, -0.25) is 23.9 Å². The maximum Gasteiger partial charge on any atom is 0.295 e. The van der Waals surface area contributed by atoms with Gasteiger partial charge in [-0.15, -0.1) is 0 Å². The van der Waals surface area contributed by atoms with Gasteiger partial charge in [0.05, 0.1) is 17.6 Å². The monoisotopic (exact) mass is 487 g/mol. The number of carbonyl (C=O) groups is 3. The fraction of sp³-hybridized carbons (Fsp3) is 0.154. The highest BCUT2D eigenvalue weighted by molar-refractivity contribution is 6.06. The van der Waals surface area contributed by atoms with Crippen molar-refractivity contribution in [2.75, 3.05) is 10.6 Å². The smallest absolute Gasteiger partial charge is 0.295 e. The first-order valence-electron chi connectivity index (χ1n) is 11.2. The molecule has 0 bridgehead atoms. The first-order valence-corrected chi connectivity index (χ1v) is 11.2. The molecule has 0 saturated heterocycles. The lowest BCUT2D eigenvalue weighted by atomic mass is 10.1. The van der Waals surface area contributed by atoms with E-state index in [4.69, 9.17) is 4.42 Å². The second kappa shape index (κ2) is 10.2. The Balaban J connectivity index is 1.47. The Morgan fingerprint density at radius 2 is 1.67 bits per heavy atom. The number of rotatable bonds is 7. The van der Waals surface area contributed by atoms with Gasteiger partial charge < -0.3 is 20.4 Å². The Bertz CT molecular complexity index is 1470. The van der Waals surface area contributed by atoms with Crippen molar-refractivity contribution < 1.29 is 18.8 Å². The summed E-state index contributed by atoms with van der Waals surface area (Å²) in [5.41, 5.74) is 1.66. The molecule has 1 atom stereocenters. The highest BCUT2D eigenvalue weighted by atomic mass is 16.3. The second-order valence-corrected chi connectivity index (χ2v) is 8.13. The number of nitrogens with one attached hydrogen (secondary N) is 3. The van der Waals surface area contributed by atoms with Crippen molar-refractivity contribution in [1.82, 2.24) is 14.7 Å². The molecule has 3 amide bonds. The van der Waals surface area contributed by atoms with E-state index in [9.17, 15) is 19.2 Å². The number of benzene rings is 2. The Labute approximate surface area is 206 Å². The van der Waals surface area contributed by atoms with Crippen molar-refractivity contribution in [2.24, 2.45) is 7.05 Å². The zero-order valence-electron chi connectivity index (χ0n) is 19.9. The molecule has 2 aromatic heterocycles. The molecule has 0 aliphatic carbocycles. The maximum atomic E-state index is 13.1. The molecule has 184 valence electrons. The highest BCUT2D eigenvalue weighted by Crippen LogP contribution is 2.17. The average Bonchev–Trinajstić information content (AvgIpc) is 3.48. The predicted octanol–water partition coefficient (Wildman–Crippen LogP) is 3.09. The van der Waals surface area contributed by atoms with Gasteiger partial charge in [-0.25, -0.2) is 4.68 Å². The van der Waals surface area contributed by atoms with Crippen LogP contribution in [0.2, 0.25) is 0 Å². The fourth-order valence-electron chi connectivity index (χ4n) is 3.63. The molecule has 4 aromatic rings. The Kier molecular flexibility index (Phi) is 6.86. The highest BCUT2D eigenvalue weighted by Gasteiger charge is 2.20. The number of amides is 3. The SMILES string of the molecule is Cc1c(NC(=O)c2cccc(NC(=O)C(C)NC(=O)c3ccco3)c2)c(=O)n(-c2ccccc2)n1C. The molecule has 0 spiro atoms. The molecule has 1 unspecified atom stereocenters. The Hall–Kier alpha value is -4.86. The summed E-state index contributed by atoms with van der Waals surface area (Å²) < 4.78 is 8.16. The van der Waals surface area contributed by atoms with Crippen LogP contribution in [0.25, 0.3) is 5.69 Å². The molecule has 4 rings (SSSR count). The fourth-order valence-corrected chi connectivity index (χ4v) is 3.63. The molecular formula is C26H25N5O5. The largest absolute Gasteiger partial charge is 0.459 e. The topological polar surface area (TPSA) is 127 Å². The lowest BCUT2D eigenvalue weighted by molar-refractivity contribution is -0.117. The minimum Gasteiger partial charge on any atom is -0.459 e. The number of hydrogen-bond donors (Lipinski definition) is 3. The number of hydrogen-bond acceptors (Lipinski definition) is 5. The van der Waals surface area contributed by atoms with Gasteiger partial charge in [-0.2, -0.15) is 0 Å². The number of nitrogens with zero attached hydrogens (tertiary/aromatic N) is 2. The van der Waals surface area contributed by atoms with Crippen molar-refractivity contribution in [1.29, 1.82) is 0 Å². The summed E-state index contributed by atoms with van der Waals surface area (Å²) >= 11 is 0. The molecule has 2 heterocycles. The maximum absolute atomic E-state index is 13.1. The molecule has 0 aliphatic heterocycles. The van der Waals surface area contributed by atoms with E-state index in [1.807, 2.05) is 18.2 Å². The molecule has 0 fully saturated rings. The number of furan rings is 1. The van der Waals surface area contributed by atoms with Gasteiger partial charge in [0.1, 0.15) is 11.7 Å². The molecule has 3 N–H and O–H groups in total. The third kappa shape index (κ3) is 4.97. The molecule has 0 saturated carbocycles. The van der Waals surface area contributed by atoms with Gasteiger partial charge in [0.25, 0.3) is 17.4 Å². The van der Waals surface area contributed by atoms with Gasteiger partial charge in [0.2, 0.25) is 5.91 Å². The van der Waals surface area contributed by atoms with Gasteiger partial charge in [0, 0.05) is 18.3 Å². The second-order valence-electron chi connectivity index (χ2n) is 8.13. The summed E-state index contributed by atoms with van der Waals surface area (Å²) in [6.45, 7) is 3.27. The molecule has 10 nitrogen and oxygen atoms in total. The van der Waals surface area contributed by atoms with E-state index >= 15 is 0 Å². The minimum absolute atomic E-state index is 0.0934. The third-order valence-corrected chi connectivity index (χ3v) is 5.67. The van der Waals surface area contributed by atoms with Crippen molar-refractivity contribution in [3.8, 4) is 5.69 Å². The summed E-state index contributed by atoms with van der Waals surface area (Å²) in [5.74, 6) is -1.40. The van der Waals surface area contributed by atoms with E-state index in [0.717, 1.165) is 0 Å². The van der Waals surface area contributed by atoms with E-state index in [2.05, 4.69) is 16.0 Å². The van der Waals surface area contributed by atoms with Crippen molar-refractivity contribution in [2.45, 2.75) is 19.9 Å².